The van der Waals surface area contributed by atoms with Gasteiger partial charge >= 0.3 is 0 Å². The molecular formula is C14H19NO4. The number of ether oxygens (including phenoxy) is 3. The van der Waals surface area contributed by atoms with Crippen LogP contribution in [0.3, 0.4) is 0 Å². The van der Waals surface area contributed by atoms with E-state index in [9.17, 15) is 4.79 Å². The lowest BCUT2D eigenvalue weighted by molar-refractivity contribution is -0.117. The van der Waals surface area contributed by atoms with Crippen molar-refractivity contribution in [2.75, 3.05) is 26.6 Å². The van der Waals surface area contributed by atoms with Crippen LogP contribution in [0.2, 0.25) is 0 Å². The predicted molar refractivity (Wildman–Crippen MR) is 72.0 cm³/mol. The van der Waals surface area contributed by atoms with Gasteiger partial charge in [0.1, 0.15) is 0 Å². The van der Waals surface area contributed by atoms with Crippen molar-refractivity contribution in [1.82, 2.24) is 0 Å². The molecule has 104 valence electrons. The van der Waals surface area contributed by atoms with Gasteiger partial charge in [0, 0.05) is 23.7 Å². The van der Waals surface area contributed by atoms with Crippen LogP contribution in [-0.4, -0.2) is 27.2 Å². The van der Waals surface area contributed by atoms with E-state index in [-0.39, 0.29) is 11.8 Å². The number of hydrogen-bond acceptors (Lipinski definition) is 4. The summed E-state index contributed by atoms with van der Waals surface area (Å²) in [5, 5.41) is 2.88. The van der Waals surface area contributed by atoms with Crippen LogP contribution in [0.4, 0.5) is 5.69 Å². The fourth-order valence-electron chi connectivity index (χ4n) is 2.08. The van der Waals surface area contributed by atoms with Crippen molar-refractivity contribution in [3.05, 3.63) is 12.1 Å². The molecule has 1 aromatic rings. The van der Waals surface area contributed by atoms with Crippen molar-refractivity contribution in [2.45, 2.75) is 13.3 Å². The molecule has 5 nitrogen and oxygen atoms in total. The first-order valence-electron chi connectivity index (χ1n) is 6.21. The molecule has 2 atom stereocenters. The van der Waals surface area contributed by atoms with Gasteiger partial charge in [0.25, 0.3) is 0 Å². The average molecular weight is 265 g/mol. The van der Waals surface area contributed by atoms with Gasteiger partial charge in [-0.25, -0.2) is 0 Å². The summed E-state index contributed by atoms with van der Waals surface area (Å²) in [7, 11) is 4.64. The van der Waals surface area contributed by atoms with Crippen LogP contribution in [0, 0.1) is 11.8 Å². The fraction of sp³-hybridized carbons (Fsp3) is 0.500. The Bertz CT molecular complexity index is 461. The Hall–Kier alpha value is -1.91. The molecule has 19 heavy (non-hydrogen) atoms. The second kappa shape index (κ2) is 5.38. The van der Waals surface area contributed by atoms with E-state index in [4.69, 9.17) is 14.2 Å². The highest BCUT2D eigenvalue weighted by atomic mass is 16.5. The Morgan fingerprint density at radius 2 is 1.68 bits per heavy atom. The molecule has 0 heterocycles. The Balaban J connectivity index is 2.23. The topological polar surface area (TPSA) is 56.8 Å². The number of hydrogen-bond donors (Lipinski definition) is 1. The van der Waals surface area contributed by atoms with Gasteiger partial charge in [-0.05, 0) is 12.3 Å². The van der Waals surface area contributed by atoms with Crippen LogP contribution in [0.1, 0.15) is 13.3 Å². The van der Waals surface area contributed by atoms with Gasteiger partial charge in [0.15, 0.2) is 11.5 Å². The highest BCUT2D eigenvalue weighted by molar-refractivity contribution is 5.95. The van der Waals surface area contributed by atoms with E-state index in [0.717, 1.165) is 6.42 Å². The van der Waals surface area contributed by atoms with Crippen molar-refractivity contribution >= 4 is 11.6 Å². The Kier molecular flexibility index (Phi) is 3.83. The smallest absolute Gasteiger partial charge is 0.227 e. The first kappa shape index (κ1) is 13.5. The lowest BCUT2D eigenvalue weighted by Crippen LogP contribution is -2.14. The first-order valence-corrected chi connectivity index (χ1v) is 6.21. The van der Waals surface area contributed by atoms with Crippen LogP contribution in [0.25, 0.3) is 0 Å². The lowest BCUT2D eigenvalue weighted by atomic mass is 10.2. The largest absolute Gasteiger partial charge is 0.493 e. The summed E-state index contributed by atoms with van der Waals surface area (Å²) in [6.45, 7) is 2.07. The molecule has 1 N–H and O–H groups in total. The maximum absolute atomic E-state index is 11.9. The normalized spacial score (nSPS) is 20.6. The molecule has 2 rings (SSSR count). The number of carbonyl (C=O) groups is 1. The van der Waals surface area contributed by atoms with E-state index in [2.05, 4.69) is 12.2 Å². The third kappa shape index (κ3) is 2.75. The first-order chi connectivity index (χ1) is 9.10. The Morgan fingerprint density at radius 1 is 1.16 bits per heavy atom. The highest BCUT2D eigenvalue weighted by Crippen LogP contribution is 2.42. The minimum Gasteiger partial charge on any atom is -0.493 e. The SMILES string of the molecule is COc1cc(NC(=O)C2CC2C)cc(OC)c1OC. The molecule has 5 heteroatoms. The molecule has 1 fully saturated rings. The molecule has 0 saturated heterocycles. The number of rotatable bonds is 5. The Morgan fingerprint density at radius 3 is 2.05 bits per heavy atom. The van der Waals surface area contributed by atoms with E-state index in [1.807, 2.05) is 0 Å². The van der Waals surface area contributed by atoms with Crippen LogP contribution in [0.5, 0.6) is 17.2 Å². The van der Waals surface area contributed by atoms with Crippen molar-refractivity contribution in [2.24, 2.45) is 11.8 Å². The summed E-state index contributed by atoms with van der Waals surface area (Å²) >= 11 is 0. The van der Waals surface area contributed by atoms with E-state index >= 15 is 0 Å². The number of benzene rings is 1. The fourth-order valence-corrected chi connectivity index (χ4v) is 2.08. The number of nitrogens with one attached hydrogen (secondary N) is 1. The minimum absolute atomic E-state index is 0.0433. The average Bonchev–Trinajstić information content (AvgIpc) is 3.14. The van der Waals surface area contributed by atoms with Crippen molar-refractivity contribution < 1.29 is 19.0 Å². The monoisotopic (exact) mass is 265 g/mol. The summed E-state index contributed by atoms with van der Waals surface area (Å²) in [5.41, 5.74) is 0.651. The molecule has 0 spiro atoms. The summed E-state index contributed by atoms with van der Waals surface area (Å²) < 4.78 is 15.7. The number of amides is 1. The molecule has 1 aliphatic rings. The molecule has 0 radical (unpaired) electrons. The molecule has 1 amide bonds. The van der Waals surface area contributed by atoms with Crippen LogP contribution >= 0.6 is 0 Å². The van der Waals surface area contributed by atoms with Gasteiger partial charge < -0.3 is 19.5 Å². The standard InChI is InChI=1S/C14H19NO4/c1-8-5-10(8)14(16)15-9-6-11(17-2)13(19-4)12(7-9)18-3/h6-8,10H,5H2,1-4H3,(H,15,16). The van der Waals surface area contributed by atoms with Gasteiger partial charge in [-0.2, -0.15) is 0 Å². The number of carbonyl (C=O) groups excluding carboxylic acids is 1. The van der Waals surface area contributed by atoms with Crippen LogP contribution < -0.4 is 19.5 Å². The van der Waals surface area contributed by atoms with Gasteiger partial charge in [0.2, 0.25) is 11.7 Å². The van der Waals surface area contributed by atoms with Crippen LogP contribution in [-0.2, 0) is 4.79 Å². The third-order valence-corrected chi connectivity index (χ3v) is 3.38. The second-order valence-corrected chi connectivity index (χ2v) is 4.72. The molecule has 0 aromatic heterocycles. The molecule has 1 aliphatic carbocycles. The molecule has 1 saturated carbocycles. The number of anilines is 1. The van der Waals surface area contributed by atoms with E-state index in [1.165, 1.54) is 0 Å². The maximum atomic E-state index is 11.9. The minimum atomic E-state index is 0.0433. The lowest BCUT2D eigenvalue weighted by Gasteiger charge is -2.14. The van der Waals surface area contributed by atoms with Gasteiger partial charge in [-0.1, -0.05) is 6.92 Å². The zero-order valence-corrected chi connectivity index (χ0v) is 11.6. The summed E-state index contributed by atoms with van der Waals surface area (Å²) in [6, 6.07) is 3.46. The van der Waals surface area contributed by atoms with Crippen molar-refractivity contribution in [3.63, 3.8) is 0 Å². The van der Waals surface area contributed by atoms with E-state index in [1.54, 1.807) is 33.5 Å². The van der Waals surface area contributed by atoms with Gasteiger partial charge in [0.05, 0.1) is 21.3 Å². The summed E-state index contributed by atoms with van der Waals surface area (Å²) in [5.74, 6) is 2.22. The summed E-state index contributed by atoms with van der Waals surface area (Å²) in [6.07, 6.45) is 0.955. The maximum Gasteiger partial charge on any atom is 0.227 e. The third-order valence-electron chi connectivity index (χ3n) is 3.38. The predicted octanol–water partition coefficient (Wildman–Crippen LogP) is 2.31. The molecular weight excluding hydrogens is 246 g/mol. The second-order valence-electron chi connectivity index (χ2n) is 4.72. The molecule has 0 bridgehead atoms. The molecule has 1 aromatic carbocycles. The Labute approximate surface area is 112 Å². The zero-order valence-electron chi connectivity index (χ0n) is 11.6. The van der Waals surface area contributed by atoms with Crippen molar-refractivity contribution in [1.29, 1.82) is 0 Å². The molecule has 0 aliphatic heterocycles. The van der Waals surface area contributed by atoms with Gasteiger partial charge in [-0.3, -0.25) is 4.79 Å². The summed E-state index contributed by atoms with van der Waals surface area (Å²) in [4.78, 5) is 11.9. The highest BCUT2D eigenvalue weighted by Gasteiger charge is 2.39. The van der Waals surface area contributed by atoms with Gasteiger partial charge in [-0.15, -0.1) is 0 Å². The van der Waals surface area contributed by atoms with Crippen LogP contribution in [0.15, 0.2) is 12.1 Å². The van der Waals surface area contributed by atoms with E-state index in [0.29, 0.717) is 28.9 Å². The number of methoxy groups -OCH3 is 3. The van der Waals surface area contributed by atoms with E-state index < -0.39 is 0 Å². The quantitative estimate of drug-likeness (QED) is 0.887. The zero-order chi connectivity index (χ0) is 14.0. The molecule has 2 unspecified atom stereocenters. The van der Waals surface area contributed by atoms with Crippen molar-refractivity contribution in [3.8, 4) is 17.2 Å².